The summed E-state index contributed by atoms with van der Waals surface area (Å²) >= 11 is 0. The van der Waals surface area contributed by atoms with Crippen molar-refractivity contribution < 1.29 is 9.90 Å². The van der Waals surface area contributed by atoms with Gasteiger partial charge >= 0.3 is 5.97 Å². The van der Waals surface area contributed by atoms with Crippen molar-refractivity contribution in [3.63, 3.8) is 0 Å². The summed E-state index contributed by atoms with van der Waals surface area (Å²) in [7, 11) is 0. The zero-order chi connectivity index (χ0) is 17.6. The van der Waals surface area contributed by atoms with Crippen LogP contribution in [0.1, 0.15) is 37.7 Å². The van der Waals surface area contributed by atoms with Crippen molar-refractivity contribution in [2.75, 3.05) is 0 Å². The molecule has 0 unspecified atom stereocenters. The number of aliphatic carboxylic acids is 1. The van der Waals surface area contributed by atoms with Crippen LogP contribution >= 0.6 is 0 Å². The number of aryl methyl sites for hydroxylation is 2. The highest BCUT2D eigenvalue weighted by atomic mass is 16.4. The molecule has 0 spiro atoms. The molecule has 0 radical (unpaired) electrons. The van der Waals surface area contributed by atoms with E-state index >= 15 is 0 Å². The van der Waals surface area contributed by atoms with Crippen LogP contribution in [-0.2, 0) is 11.3 Å². The fraction of sp³-hybridized carbons (Fsp3) is 0.333. The van der Waals surface area contributed by atoms with Gasteiger partial charge in [0.2, 0.25) is 0 Å². The van der Waals surface area contributed by atoms with Gasteiger partial charge in [0.05, 0.1) is 5.69 Å². The zero-order valence-electron chi connectivity index (χ0n) is 14.6. The van der Waals surface area contributed by atoms with Gasteiger partial charge in [0, 0.05) is 41.8 Å². The van der Waals surface area contributed by atoms with Gasteiger partial charge in [0.1, 0.15) is 0 Å². The molecule has 0 aliphatic carbocycles. The highest BCUT2D eigenvalue weighted by Crippen LogP contribution is 2.33. The number of carbonyl (C=O) groups is 1. The van der Waals surface area contributed by atoms with Gasteiger partial charge in [-0.3, -0.25) is 9.78 Å². The number of para-hydroxylation sites is 1. The van der Waals surface area contributed by atoms with E-state index in [1.165, 1.54) is 22.2 Å². The molecule has 0 saturated carbocycles. The summed E-state index contributed by atoms with van der Waals surface area (Å²) in [5.74, 6) is -0.703. The quantitative estimate of drug-likeness (QED) is 0.586. The van der Waals surface area contributed by atoms with E-state index in [0.29, 0.717) is 0 Å². The number of rotatable bonds is 8. The molecule has 3 aromatic rings. The Kier molecular flexibility index (Phi) is 5.49. The highest BCUT2D eigenvalue weighted by molar-refractivity contribution is 5.91. The third-order valence-corrected chi connectivity index (χ3v) is 4.68. The predicted octanol–water partition coefficient (Wildman–Crippen LogP) is 5.05. The fourth-order valence-corrected chi connectivity index (χ4v) is 3.48. The molecule has 0 aliphatic heterocycles. The van der Waals surface area contributed by atoms with Crippen LogP contribution in [0.15, 0.2) is 48.8 Å². The van der Waals surface area contributed by atoms with Crippen LogP contribution in [0.4, 0.5) is 0 Å². The van der Waals surface area contributed by atoms with Crippen molar-refractivity contribution in [3.8, 4) is 11.3 Å². The maximum absolute atomic E-state index is 10.6. The van der Waals surface area contributed by atoms with E-state index in [2.05, 4.69) is 46.8 Å². The lowest BCUT2D eigenvalue weighted by molar-refractivity contribution is -0.137. The van der Waals surface area contributed by atoms with Crippen molar-refractivity contribution in [1.82, 2.24) is 9.55 Å². The Balaban J connectivity index is 1.82. The van der Waals surface area contributed by atoms with Crippen LogP contribution in [-0.4, -0.2) is 20.6 Å². The molecule has 0 saturated heterocycles. The van der Waals surface area contributed by atoms with E-state index in [-0.39, 0.29) is 6.42 Å². The number of carboxylic acids is 1. The van der Waals surface area contributed by atoms with Crippen molar-refractivity contribution in [2.24, 2.45) is 0 Å². The number of unbranched alkanes of at least 4 members (excludes halogenated alkanes) is 3. The Morgan fingerprint density at radius 2 is 1.88 bits per heavy atom. The van der Waals surface area contributed by atoms with E-state index in [9.17, 15) is 4.79 Å². The number of nitrogens with zero attached hydrogens (tertiary/aromatic N) is 2. The topological polar surface area (TPSA) is 55.1 Å². The molecular weight excluding hydrogens is 312 g/mol. The van der Waals surface area contributed by atoms with E-state index in [1.54, 1.807) is 6.20 Å². The van der Waals surface area contributed by atoms with Gasteiger partial charge in [-0.1, -0.05) is 31.0 Å². The Bertz CT molecular complexity index is 853. The molecule has 0 bridgehead atoms. The van der Waals surface area contributed by atoms with Crippen molar-refractivity contribution in [3.05, 3.63) is 54.4 Å². The van der Waals surface area contributed by atoms with Gasteiger partial charge in [-0.2, -0.15) is 0 Å². The molecule has 3 rings (SSSR count). The minimum atomic E-state index is -0.703. The second kappa shape index (κ2) is 7.97. The fourth-order valence-electron chi connectivity index (χ4n) is 3.48. The second-order valence-electron chi connectivity index (χ2n) is 6.44. The minimum absolute atomic E-state index is 0.270. The van der Waals surface area contributed by atoms with Crippen molar-refractivity contribution in [2.45, 2.75) is 45.6 Å². The Morgan fingerprint density at radius 3 is 2.64 bits per heavy atom. The summed E-state index contributed by atoms with van der Waals surface area (Å²) in [4.78, 5) is 14.9. The molecule has 1 N–H and O–H groups in total. The second-order valence-corrected chi connectivity index (χ2v) is 6.44. The maximum atomic E-state index is 10.6. The Labute approximate surface area is 148 Å². The zero-order valence-corrected chi connectivity index (χ0v) is 14.6. The van der Waals surface area contributed by atoms with Crippen LogP contribution in [0.3, 0.4) is 0 Å². The molecule has 2 aromatic heterocycles. The van der Waals surface area contributed by atoms with Crippen LogP contribution in [0.25, 0.3) is 22.2 Å². The van der Waals surface area contributed by atoms with Crippen molar-refractivity contribution in [1.29, 1.82) is 0 Å². The summed E-state index contributed by atoms with van der Waals surface area (Å²) in [5, 5.41) is 10.0. The van der Waals surface area contributed by atoms with Crippen molar-refractivity contribution >= 4 is 16.9 Å². The first-order valence-electron chi connectivity index (χ1n) is 8.88. The molecule has 2 heterocycles. The largest absolute Gasteiger partial charge is 0.481 e. The third-order valence-electron chi connectivity index (χ3n) is 4.68. The molecule has 0 fully saturated rings. The number of hydrogen-bond donors (Lipinski definition) is 1. The summed E-state index contributed by atoms with van der Waals surface area (Å²) in [6, 6.07) is 12.6. The normalized spacial score (nSPS) is 11.1. The summed E-state index contributed by atoms with van der Waals surface area (Å²) in [6.07, 6.45) is 7.81. The van der Waals surface area contributed by atoms with Crippen LogP contribution in [0, 0.1) is 6.92 Å². The van der Waals surface area contributed by atoms with Gasteiger partial charge in [-0.15, -0.1) is 0 Å². The van der Waals surface area contributed by atoms with E-state index in [1.807, 2.05) is 12.3 Å². The number of aromatic nitrogens is 2. The molecule has 25 heavy (non-hydrogen) atoms. The highest BCUT2D eigenvalue weighted by Gasteiger charge is 2.15. The van der Waals surface area contributed by atoms with Gasteiger partial charge in [0.15, 0.2) is 0 Å². The SMILES string of the molecule is Cc1c(-c2cccnc2)n(CCCCCCC(=O)O)c2ccccc12. The Morgan fingerprint density at radius 1 is 1.08 bits per heavy atom. The molecule has 0 atom stereocenters. The molecule has 4 heteroatoms. The monoisotopic (exact) mass is 336 g/mol. The van der Waals surface area contributed by atoms with E-state index in [4.69, 9.17) is 5.11 Å². The average Bonchev–Trinajstić information content (AvgIpc) is 2.91. The average molecular weight is 336 g/mol. The van der Waals surface area contributed by atoms with Crippen LogP contribution < -0.4 is 0 Å². The lowest BCUT2D eigenvalue weighted by Gasteiger charge is -2.11. The van der Waals surface area contributed by atoms with Gasteiger partial charge in [-0.25, -0.2) is 0 Å². The molecular formula is C21H24N2O2. The molecule has 0 amide bonds. The van der Waals surface area contributed by atoms with E-state index in [0.717, 1.165) is 37.8 Å². The predicted molar refractivity (Wildman–Crippen MR) is 101 cm³/mol. The lowest BCUT2D eigenvalue weighted by atomic mass is 10.1. The standard InChI is InChI=1S/C21H24N2O2/c1-16-18-10-5-6-11-19(18)23(14-7-3-2-4-12-20(24)25)21(16)17-9-8-13-22-15-17/h5-6,8-11,13,15H,2-4,7,12,14H2,1H3,(H,24,25). The summed E-state index contributed by atoms with van der Waals surface area (Å²) in [6.45, 7) is 3.11. The number of carboxylic acid groups (broad SMARTS) is 1. The first-order chi connectivity index (χ1) is 12.2. The lowest BCUT2D eigenvalue weighted by Crippen LogP contribution is -2.01. The summed E-state index contributed by atoms with van der Waals surface area (Å²) in [5.41, 5.74) is 4.92. The third kappa shape index (κ3) is 3.90. The van der Waals surface area contributed by atoms with E-state index < -0.39 is 5.97 Å². The molecule has 1 aromatic carbocycles. The van der Waals surface area contributed by atoms with Gasteiger partial charge in [0.25, 0.3) is 0 Å². The first kappa shape index (κ1) is 17.2. The van der Waals surface area contributed by atoms with Gasteiger partial charge in [-0.05, 0) is 43.5 Å². The number of benzene rings is 1. The number of pyridine rings is 1. The Hall–Kier alpha value is -2.62. The summed E-state index contributed by atoms with van der Waals surface area (Å²) < 4.78 is 2.39. The first-order valence-corrected chi connectivity index (χ1v) is 8.88. The smallest absolute Gasteiger partial charge is 0.303 e. The number of hydrogen-bond acceptors (Lipinski definition) is 2. The van der Waals surface area contributed by atoms with Crippen LogP contribution in [0.5, 0.6) is 0 Å². The number of fused-ring (bicyclic) bond motifs is 1. The van der Waals surface area contributed by atoms with Crippen LogP contribution in [0.2, 0.25) is 0 Å². The van der Waals surface area contributed by atoms with Gasteiger partial charge < -0.3 is 9.67 Å². The minimum Gasteiger partial charge on any atom is -0.481 e. The maximum Gasteiger partial charge on any atom is 0.303 e. The molecule has 130 valence electrons. The molecule has 0 aliphatic rings. The molecule has 4 nitrogen and oxygen atoms in total.